The van der Waals surface area contributed by atoms with Gasteiger partial charge in [-0.05, 0) is 38.7 Å². The van der Waals surface area contributed by atoms with E-state index >= 15 is 0 Å². The maximum atomic E-state index is 14.2. The molecule has 0 radical (unpaired) electrons. The molecule has 4 fully saturated rings. The molecule has 8 nitrogen and oxygen atoms in total. The molecule has 6 rings (SSSR count). The summed E-state index contributed by atoms with van der Waals surface area (Å²) >= 11 is 0. The highest BCUT2D eigenvalue weighted by Gasteiger charge is 2.89. The highest BCUT2D eigenvalue weighted by atomic mass is 16.7. The van der Waals surface area contributed by atoms with E-state index in [1.807, 2.05) is 34.6 Å². The van der Waals surface area contributed by atoms with Crippen LogP contribution in [0.4, 0.5) is 0 Å². The summed E-state index contributed by atoms with van der Waals surface area (Å²) in [5.41, 5.74) is -4.20. The number of allylic oxidation sites excluding steroid dienone is 1. The van der Waals surface area contributed by atoms with Crippen LogP contribution in [-0.4, -0.2) is 46.2 Å². The van der Waals surface area contributed by atoms with Crippen LogP contribution in [-0.2, 0) is 28.6 Å². The standard InChI is InChI=1S/C26H30O8/c1-22(2)15-10-16(28)25(5)18(23(15,3)8-6-17(29)33-22)14(27)11-24(4)19(13-7-9-31-12-13)32-21(30)20-26(24,25)34-20/h6-9,12,14-15,18-20,27H,10-11H2,1-5H3/t14-,15+,18-,19+,20-,23+,24+,25-,26-/m1/s1. The van der Waals surface area contributed by atoms with Crippen LogP contribution in [0.15, 0.2) is 35.2 Å². The Morgan fingerprint density at radius 2 is 1.79 bits per heavy atom. The SMILES string of the molecule is CC1(C)OC(=O)C=C[C@]2(C)[C@H]3[C@H](O)C[C@@]4(C)[C@H](c5ccoc5)OC(=O)[C@H]5O[C@]54[C@]3(C)C(=O)C[C@@H]12. The molecular formula is C26H30O8. The number of ether oxygens (including phenoxy) is 3. The first-order valence-corrected chi connectivity index (χ1v) is 11.9. The molecule has 0 unspecified atom stereocenters. The quantitative estimate of drug-likeness (QED) is 0.492. The second-order valence-electron chi connectivity index (χ2n) is 11.9. The molecule has 2 saturated heterocycles. The second-order valence-corrected chi connectivity index (χ2v) is 11.9. The van der Waals surface area contributed by atoms with E-state index in [4.69, 9.17) is 18.6 Å². The van der Waals surface area contributed by atoms with Crippen molar-refractivity contribution in [2.45, 2.75) is 77.0 Å². The summed E-state index contributed by atoms with van der Waals surface area (Å²) in [6.07, 6.45) is 4.12. The van der Waals surface area contributed by atoms with Gasteiger partial charge in [-0.1, -0.05) is 19.9 Å². The molecule has 3 aliphatic heterocycles. The number of furan rings is 1. The van der Waals surface area contributed by atoms with E-state index in [9.17, 15) is 19.5 Å². The minimum absolute atomic E-state index is 0.0903. The minimum atomic E-state index is -1.19. The lowest BCUT2D eigenvalue weighted by Gasteiger charge is -2.66. The predicted molar refractivity (Wildman–Crippen MR) is 116 cm³/mol. The van der Waals surface area contributed by atoms with E-state index in [2.05, 4.69) is 0 Å². The summed E-state index contributed by atoms with van der Waals surface area (Å²) in [6.45, 7) is 9.39. The number of esters is 2. The highest BCUT2D eigenvalue weighted by Crippen LogP contribution is 2.78. The highest BCUT2D eigenvalue weighted by molar-refractivity contribution is 5.93. The molecule has 34 heavy (non-hydrogen) atoms. The number of rotatable bonds is 1. The maximum Gasteiger partial charge on any atom is 0.339 e. The number of hydrogen-bond acceptors (Lipinski definition) is 8. The molecule has 182 valence electrons. The van der Waals surface area contributed by atoms with Crippen molar-refractivity contribution >= 4 is 17.7 Å². The summed E-state index contributed by atoms with van der Waals surface area (Å²) < 4.78 is 23.1. The van der Waals surface area contributed by atoms with Crippen molar-refractivity contribution < 1.29 is 38.1 Å². The van der Waals surface area contributed by atoms with Crippen LogP contribution in [0, 0.1) is 28.1 Å². The summed E-state index contributed by atoms with van der Waals surface area (Å²) in [6, 6.07) is 1.74. The lowest BCUT2D eigenvalue weighted by atomic mass is 9.37. The molecule has 4 heterocycles. The molecule has 9 atom stereocenters. The van der Waals surface area contributed by atoms with Gasteiger partial charge >= 0.3 is 11.9 Å². The Labute approximate surface area is 197 Å². The Kier molecular flexibility index (Phi) is 4.02. The van der Waals surface area contributed by atoms with E-state index in [0.29, 0.717) is 5.56 Å². The van der Waals surface area contributed by atoms with Crippen molar-refractivity contribution in [1.82, 2.24) is 0 Å². The third-order valence-corrected chi connectivity index (χ3v) is 9.92. The number of ketones is 1. The van der Waals surface area contributed by atoms with Crippen molar-refractivity contribution in [2.24, 2.45) is 28.1 Å². The smallest absolute Gasteiger partial charge is 0.339 e. The number of aliphatic hydroxyl groups is 1. The summed E-state index contributed by atoms with van der Waals surface area (Å²) in [5, 5.41) is 11.8. The zero-order chi connectivity index (χ0) is 24.5. The molecule has 8 heteroatoms. The third-order valence-electron chi connectivity index (χ3n) is 9.92. The van der Waals surface area contributed by atoms with Crippen LogP contribution < -0.4 is 0 Å². The van der Waals surface area contributed by atoms with Crippen LogP contribution in [0.5, 0.6) is 0 Å². The molecule has 1 aromatic rings. The fraction of sp³-hybridized carbons (Fsp3) is 0.654. The zero-order valence-electron chi connectivity index (χ0n) is 20.0. The number of carbonyl (C=O) groups excluding carboxylic acids is 3. The van der Waals surface area contributed by atoms with Crippen molar-refractivity contribution in [1.29, 1.82) is 0 Å². The van der Waals surface area contributed by atoms with Gasteiger partial charge in [-0.2, -0.15) is 0 Å². The number of cyclic esters (lactones) is 2. The Hall–Kier alpha value is -2.45. The van der Waals surface area contributed by atoms with E-state index in [-0.39, 0.29) is 24.5 Å². The zero-order valence-corrected chi connectivity index (χ0v) is 20.0. The van der Waals surface area contributed by atoms with Crippen molar-refractivity contribution in [3.8, 4) is 0 Å². The van der Waals surface area contributed by atoms with Crippen molar-refractivity contribution in [3.05, 3.63) is 36.3 Å². The second kappa shape index (κ2) is 6.21. The topological polar surface area (TPSA) is 116 Å². The van der Waals surface area contributed by atoms with Crippen molar-refractivity contribution in [3.63, 3.8) is 0 Å². The Morgan fingerprint density at radius 3 is 2.47 bits per heavy atom. The van der Waals surface area contributed by atoms with Gasteiger partial charge in [-0.3, -0.25) is 4.79 Å². The van der Waals surface area contributed by atoms with Crippen LogP contribution >= 0.6 is 0 Å². The fourth-order valence-corrected chi connectivity index (χ4v) is 8.66. The van der Waals surface area contributed by atoms with Crippen LogP contribution in [0.25, 0.3) is 0 Å². The van der Waals surface area contributed by atoms with Gasteiger partial charge in [0.25, 0.3) is 0 Å². The van der Waals surface area contributed by atoms with E-state index in [0.717, 1.165) is 0 Å². The molecule has 0 amide bonds. The van der Waals surface area contributed by atoms with Gasteiger partial charge in [0.2, 0.25) is 0 Å². The maximum absolute atomic E-state index is 14.2. The molecule has 0 bridgehead atoms. The van der Waals surface area contributed by atoms with Crippen LogP contribution in [0.1, 0.15) is 59.1 Å². The van der Waals surface area contributed by atoms with Gasteiger partial charge < -0.3 is 23.7 Å². The first-order chi connectivity index (χ1) is 15.8. The normalized spacial score (nSPS) is 50.6. The third kappa shape index (κ3) is 2.25. The molecule has 5 aliphatic rings. The average molecular weight is 471 g/mol. The monoisotopic (exact) mass is 470 g/mol. The summed E-state index contributed by atoms with van der Waals surface area (Å²) in [4.78, 5) is 39.7. The molecule has 2 saturated carbocycles. The number of carbonyl (C=O) groups is 3. The Morgan fingerprint density at radius 1 is 1.06 bits per heavy atom. The average Bonchev–Trinajstić information content (AvgIpc) is 3.34. The summed E-state index contributed by atoms with van der Waals surface area (Å²) in [7, 11) is 0. The molecule has 1 aromatic heterocycles. The lowest BCUT2D eigenvalue weighted by molar-refractivity contribution is -0.239. The van der Waals surface area contributed by atoms with Gasteiger partial charge in [-0.15, -0.1) is 0 Å². The minimum Gasteiger partial charge on any atom is -0.472 e. The van der Waals surface area contributed by atoms with Crippen LogP contribution in [0.2, 0.25) is 0 Å². The number of fused-ring (bicyclic) bond motifs is 3. The van der Waals surface area contributed by atoms with Crippen molar-refractivity contribution in [2.75, 3.05) is 0 Å². The number of Topliss-reactive ketones (excluding diaryl/α,β-unsaturated/α-hetero) is 1. The van der Waals surface area contributed by atoms with E-state index < -0.39 is 63.6 Å². The molecular weight excluding hydrogens is 440 g/mol. The van der Waals surface area contributed by atoms with Gasteiger partial charge in [0.1, 0.15) is 23.1 Å². The van der Waals surface area contributed by atoms with Gasteiger partial charge in [0, 0.05) is 35.3 Å². The predicted octanol–water partition coefficient (Wildman–Crippen LogP) is 2.90. The van der Waals surface area contributed by atoms with Gasteiger partial charge in [0.05, 0.1) is 24.0 Å². The number of aliphatic hydroxyl groups excluding tert-OH is 1. The fourth-order valence-electron chi connectivity index (χ4n) is 8.66. The lowest BCUT2D eigenvalue weighted by Crippen LogP contribution is -2.74. The Balaban J connectivity index is 1.56. The Bertz CT molecular complexity index is 1140. The number of hydrogen-bond donors (Lipinski definition) is 1. The first-order valence-electron chi connectivity index (χ1n) is 11.9. The largest absolute Gasteiger partial charge is 0.472 e. The molecule has 1 N–H and O–H groups in total. The van der Waals surface area contributed by atoms with Gasteiger partial charge in [0.15, 0.2) is 6.10 Å². The first kappa shape index (κ1) is 22.0. The van der Waals surface area contributed by atoms with Crippen LogP contribution in [0.3, 0.4) is 0 Å². The van der Waals surface area contributed by atoms with E-state index in [1.54, 1.807) is 12.1 Å². The van der Waals surface area contributed by atoms with E-state index in [1.165, 1.54) is 18.6 Å². The number of epoxide rings is 1. The summed E-state index contributed by atoms with van der Waals surface area (Å²) in [5.74, 6) is -2.00. The molecule has 2 aliphatic carbocycles. The molecule has 1 spiro atoms. The molecule has 0 aromatic carbocycles. The van der Waals surface area contributed by atoms with Gasteiger partial charge in [-0.25, -0.2) is 9.59 Å².